The number of benzene rings is 4. The molecule has 5 rings (SSSR count). The minimum atomic E-state index is -0.319. The summed E-state index contributed by atoms with van der Waals surface area (Å²) in [4.78, 5) is 17.3. The molecule has 0 spiro atoms. The second-order valence-electron chi connectivity index (χ2n) is 9.03. The summed E-state index contributed by atoms with van der Waals surface area (Å²) >= 11 is 7.24. The number of hydrogen-bond acceptors (Lipinski definition) is 6. The minimum absolute atomic E-state index is 0.283. The zero-order valence-electron chi connectivity index (χ0n) is 21.7. The van der Waals surface area contributed by atoms with E-state index in [4.69, 9.17) is 4.74 Å². The number of nitrogens with one attached hydrogen (secondary N) is 2. The third-order valence-electron chi connectivity index (χ3n) is 5.95. The van der Waals surface area contributed by atoms with E-state index in [2.05, 4.69) is 78.4 Å². The van der Waals surface area contributed by atoms with Gasteiger partial charge in [-0.15, -0.1) is 11.3 Å². The Morgan fingerprint density at radius 2 is 1.80 bits per heavy atom. The maximum Gasteiger partial charge on any atom is 0.271 e. The lowest BCUT2D eigenvalue weighted by Crippen LogP contribution is -2.17. The summed E-state index contributed by atoms with van der Waals surface area (Å²) in [5, 5.41) is 10.2. The molecule has 0 radical (unpaired) electrons. The Labute approximate surface area is 263 Å². The van der Waals surface area contributed by atoms with E-state index in [1.54, 1.807) is 30.5 Å². The molecule has 4 aromatic carbocycles. The number of rotatable bonds is 9. The molecule has 0 aliphatic carbocycles. The molecule has 1 aromatic heterocycles. The Kier molecular flexibility index (Phi) is 9.42. The van der Waals surface area contributed by atoms with Gasteiger partial charge in [-0.05, 0) is 105 Å². The lowest BCUT2D eigenvalue weighted by atomic mass is 10.1. The highest BCUT2D eigenvalue weighted by Gasteiger charge is 2.11. The molecule has 1 heterocycles. The van der Waals surface area contributed by atoms with Crippen molar-refractivity contribution in [2.24, 2.45) is 5.10 Å². The lowest BCUT2D eigenvalue weighted by molar-refractivity contribution is 0.0955. The van der Waals surface area contributed by atoms with E-state index in [0.717, 1.165) is 41.2 Å². The number of thiazole rings is 1. The van der Waals surface area contributed by atoms with Gasteiger partial charge in [0, 0.05) is 22.2 Å². The van der Waals surface area contributed by atoms with Crippen molar-refractivity contribution in [2.45, 2.75) is 13.5 Å². The van der Waals surface area contributed by atoms with Gasteiger partial charge in [0.2, 0.25) is 0 Å². The van der Waals surface area contributed by atoms with Crippen molar-refractivity contribution in [3.63, 3.8) is 0 Å². The van der Waals surface area contributed by atoms with Gasteiger partial charge in [-0.2, -0.15) is 5.10 Å². The first kappa shape index (κ1) is 28.9. The number of anilines is 2. The van der Waals surface area contributed by atoms with Gasteiger partial charge in [-0.1, -0.05) is 42.0 Å². The van der Waals surface area contributed by atoms with E-state index in [9.17, 15) is 9.18 Å². The van der Waals surface area contributed by atoms with Crippen molar-refractivity contribution in [3.05, 3.63) is 126 Å². The summed E-state index contributed by atoms with van der Waals surface area (Å²) in [6.45, 7) is 2.36. The van der Waals surface area contributed by atoms with Gasteiger partial charge in [-0.25, -0.2) is 14.8 Å². The van der Waals surface area contributed by atoms with Crippen LogP contribution < -0.4 is 15.5 Å². The molecule has 0 unspecified atom stereocenters. The third-order valence-corrected chi connectivity index (χ3v) is 8.09. The Morgan fingerprint density at radius 3 is 2.51 bits per heavy atom. The second kappa shape index (κ2) is 13.4. The SMILES string of the molecule is Cc1ccc(Nc2nc(-c3ccc(C(=O)N/N=C\c4cc(Br)c(OCc5ccc(F)cc5)c(I)c4)cc3)cs2)cc1. The third kappa shape index (κ3) is 7.78. The molecule has 0 atom stereocenters. The van der Waals surface area contributed by atoms with Crippen LogP contribution >= 0.6 is 49.9 Å². The van der Waals surface area contributed by atoms with Crippen molar-refractivity contribution < 1.29 is 13.9 Å². The van der Waals surface area contributed by atoms with Gasteiger partial charge in [0.25, 0.3) is 5.91 Å². The van der Waals surface area contributed by atoms with Crippen molar-refractivity contribution >= 4 is 72.8 Å². The molecule has 0 fully saturated rings. The molecule has 6 nitrogen and oxygen atoms in total. The highest BCUT2D eigenvalue weighted by atomic mass is 127. The Morgan fingerprint density at radius 1 is 1.07 bits per heavy atom. The predicted octanol–water partition coefficient (Wildman–Crippen LogP) is 8.71. The molecule has 0 bridgehead atoms. The molecule has 2 N–H and O–H groups in total. The van der Waals surface area contributed by atoms with Crippen molar-refractivity contribution in [1.82, 2.24) is 10.4 Å². The Bertz CT molecular complexity index is 1670. The summed E-state index contributed by atoms with van der Waals surface area (Å²) in [6.07, 6.45) is 1.57. The summed E-state index contributed by atoms with van der Waals surface area (Å²) in [7, 11) is 0. The molecule has 41 heavy (non-hydrogen) atoms. The number of hydrogen-bond donors (Lipinski definition) is 2. The monoisotopic (exact) mass is 740 g/mol. The van der Waals surface area contributed by atoms with Gasteiger partial charge in [0.1, 0.15) is 18.2 Å². The largest absolute Gasteiger partial charge is 0.487 e. The quantitative estimate of drug-likeness (QED) is 0.0901. The Balaban J connectivity index is 1.16. The van der Waals surface area contributed by atoms with E-state index >= 15 is 0 Å². The summed E-state index contributed by atoms with van der Waals surface area (Å²) < 4.78 is 20.7. The van der Waals surface area contributed by atoms with Gasteiger partial charge < -0.3 is 10.1 Å². The van der Waals surface area contributed by atoms with Crippen LogP contribution in [-0.2, 0) is 6.61 Å². The summed E-state index contributed by atoms with van der Waals surface area (Å²) in [6, 6.07) is 25.3. The fraction of sp³-hybridized carbons (Fsp3) is 0.0645. The molecule has 1 amide bonds. The fourth-order valence-corrected chi connectivity index (χ4v) is 6.28. The van der Waals surface area contributed by atoms with Crippen LogP contribution in [0.1, 0.15) is 27.0 Å². The van der Waals surface area contributed by atoms with Crippen molar-refractivity contribution in [1.29, 1.82) is 0 Å². The standard InChI is InChI=1S/C31H23BrFIN4O2S/c1-19-2-12-25(13-3-19)36-31-37-28(18-41-31)22-6-8-23(9-7-22)30(39)38-35-16-21-14-26(32)29(27(34)15-21)40-17-20-4-10-24(33)11-5-20/h2-16,18H,17H2,1H3,(H,36,37)(H,38,39)/b35-16-. The molecule has 0 aliphatic rings. The number of carbonyl (C=O) groups is 1. The molecule has 206 valence electrons. The maximum atomic E-state index is 13.1. The van der Waals surface area contributed by atoms with E-state index in [1.807, 2.05) is 41.8 Å². The summed E-state index contributed by atoms with van der Waals surface area (Å²) in [5.74, 6) is 0.0733. The van der Waals surface area contributed by atoms with E-state index in [0.29, 0.717) is 17.9 Å². The van der Waals surface area contributed by atoms with E-state index in [-0.39, 0.29) is 11.7 Å². The zero-order chi connectivity index (χ0) is 28.8. The number of halogens is 3. The molecular formula is C31H23BrFIN4O2S. The normalized spacial score (nSPS) is 11.0. The second-order valence-corrected chi connectivity index (χ2v) is 11.9. The van der Waals surface area contributed by atoms with Crippen LogP contribution in [-0.4, -0.2) is 17.1 Å². The fourth-order valence-electron chi connectivity index (χ4n) is 3.77. The average molecular weight is 741 g/mol. The molecule has 0 saturated carbocycles. The lowest BCUT2D eigenvalue weighted by Gasteiger charge is -2.11. The number of hydrazone groups is 1. The highest BCUT2D eigenvalue weighted by molar-refractivity contribution is 14.1. The van der Waals surface area contributed by atoms with Crippen LogP contribution in [0, 0.1) is 16.3 Å². The van der Waals surface area contributed by atoms with Crippen LogP contribution in [0.25, 0.3) is 11.3 Å². The molecule has 5 aromatic rings. The van der Waals surface area contributed by atoms with Gasteiger partial charge in [0.05, 0.1) is 20.0 Å². The number of ether oxygens (including phenoxy) is 1. The average Bonchev–Trinajstić information content (AvgIpc) is 3.43. The first-order valence-electron chi connectivity index (χ1n) is 12.4. The van der Waals surface area contributed by atoms with Crippen LogP contribution in [0.5, 0.6) is 5.75 Å². The topological polar surface area (TPSA) is 75.6 Å². The minimum Gasteiger partial charge on any atom is -0.487 e. The van der Waals surface area contributed by atoms with Crippen LogP contribution in [0.4, 0.5) is 15.2 Å². The number of nitrogens with zero attached hydrogens (tertiary/aromatic N) is 2. The van der Waals surface area contributed by atoms with E-state index < -0.39 is 0 Å². The zero-order valence-corrected chi connectivity index (χ0v) is 26.3. The van der Waals surface area contributed by atoms with Crippen molar-refractivity contribution in [3.8, 4) is 17.0 Å². The van der Waals surface area contributed by atoms with Crippen LogP contribution in [0.15, 0.2) is 99.9 Å². The molecule has 0 aliphatic heterocycles. The van der Waals surface area contributed by atoms with Crippen LogP contribution in [0.2, 0.25) is 0 Å². The van der Waals surface area contributed by atoms with Gasteiger partial charge >= 0.3 is 0 Å². The first-order chi connectivity index (χ1) is 19.8. The Hall–Kier alpha value is -3.61. The van der Waals surface area contributed by atoms with Gasteiger partial charge in [-0.3, -0.25) is 4.79 Å². The number of carbonyl (C=O) groups excluding carboxylic acids is 1. The smallest absolute Gasteiger partial charge is 0.271 e. The van der Waals surface area contributed by atoms with Gasteiger partial charge in [0.15, 0.2) is 5.13 Å². The number of aromatic nitrogens is 1. The van der Waals surface area contributed by atoms with Crippen molar-refractivity contribution in [2.75, 3.05) is 5.32 Å². The number of aryl methyl sites for hydroxylation is 1. The molecule has 10 heteroatoms. The van der Waals surface area contributed by atoms with Crippen LogP contribution in [0.3, 0.4) is 0 Å². The predicted molar refractivity (Wildman–Crippen MR) is 175 cm³/mol. The molecular weight excluding hydrogens is 718 g/mol. The molecule has 0 saturated heterocycles. The number of amides is 1. The van der Waals surface area contributed by atoms with E-state index in [1.165, 1.54) is 29.0 Å². The summed E-state index contributed by atoms with van der Waals surface area (Å²) in [5.41, 5.74) is 8.64. The first-order valence-corrected chi connectivity index (χ1v) is 15.2. The highest BCUT2D eigenvalue weighted by Crippen LogP contribution is 2.32. The maximum absolute atomic E-state index is 13.1.